The number of hydrogen-bond donors (Lipinski definition) is 0. The molecule has 0 aliphatic rings. The molecule has 0 saturated carbocycles. The SMILES string of the molecule is CCc1cc2ccn(C)c2nc1C. The van der Waals surface area contributed by atoms with Gasteiger partial charge in [-0.15, -0.1) is 0 Å². The summed E-state index contributed by atoms with van der Waals surface area (Å²) < 4.78 is 2.06. The van der Waals surface area contributed by atoms with Crippen molar-refractivity contribution in [3.05, 3.63) is 29.6 Å². The molecule has 0 saturated heterocycles. The summed E-state index contributed by atoms with van der Waals surface area (Å²) in [5, 5.41) is 1.24. The van der Waals surface area contributed by atoms with Crippen molar-refractivity contribution in [2.24, 2.45) is 7.05 Å². The van der Waals surface area contributed by atoms with Gasteiger partial charge in [-0.1, -0.05) is 6.92 Å². The Morgan fingerprint density at radius 1 is 1.46 bits per heavy atom. The monoisotopic (exact) mass is 174 g/mol. The molecule has 13 heavy (non-hydrogen) atoms. The lowest BCUT2D eigenvalue weighted by atomic mass is 10.1. The van der Waals surface area contributed by atoms with Crippen LogP contribution in [0.3, 0.4) is 0 Å². The Morgan fingerprint density at radius 2 is 2.23 bits per heavy atom. The van der Waals surface area contributed by atoms with Crippen molar-refractivity contribution in [2.75, 3.05) is 0 Å². The lowest BCUT2D eigenvalue weighted by molar-refractivity contribution is 0.937. The van der Waals surface area contributed by atoms with Gasteiger partial charge in [0.15, 0.2) is 0 Å². The zero-order valence-corrected chi connectivity index (χ0v) is 8.33. The fraction of sp³-hybridized carbons (Fsp3) is 0.364. The number of hydrogen-bond acceptors (Lipinski definition) is 1. The third kappa shape index (κ3) is 1.22. The van der Waals surface area contributed by atoms with Crippen LogP contribution in [-0.4, -0.2) is 9.55 Å². The van der Waals surface area contributed by atoms with Gasteiger partial charge in [0.2, 0.25) is 0 Å². The van der Waals surface area contributed by atoms with E-state index in [9.17, 15) is 0 Å². The van der Waals surface area contributed by atoms with Crippen molar-refractivity contribution in [1.29, 1.82) is 0 Å². The maximum atomic E-state index is 4.57. The zero-order valence-electron chi connectivity index (χ0n) is 8.33. The average molecular weight is 174 g/mol. The lowest BCUT2D eigenvalue weighted by Gasteiger charge is -2.03. The topological polar surface area (TPSA) is 17.8 Å². The first-order valence-electron chi connectivity index (χ1n) is 4.64. The van der Waals surface area contributed by atoms with Gasteiger partial charge in [0.05, 0.1) is 0 Å². The summed E-state index contributed by atoms with van der Waals surface area (Å²) in [6.45, 7) is 4.24. The molecule has 0 amide bonds. The smallest absolute Gasteiger partial charge is 0.139 e. The van der Waals surface area contributed by atoms with Crippen LogP contribution in [0, 0.1) is 6.92 Å². The van der Waals surface area contributed by atoms with Crippen LogP contribution in [0.15, 0.2) is 18.3 Å². The van der Waals surface area contributed by atoms with Gasteiger partial charge in [-0.05, 0) is 31.0 Å². The third-order valence-corrected chi connectivity index (χ3v) is 2.52. The molecule has 2 heterocycles. The van der Waals surface area contributed by atoms with Crippen molar-refractivity contribution in [3.63, 3.8) is 0 Å². The minimum atomic E-state index is 1.06. The van der Waals surface area contributed by atoms with Crippen LogP contribution in [0.1, 0.15) is 18.2 Å². The third-order valence-electron chi connectivity index (χ3n) is 2.52. The van der Waals surface area contributed by atoms with E-state index < -0.39 is 0 Å². The van der Waals surface area contributed by atoms with Crippen molar-refractivity contribution in [2.45, 2.75) is 20.3 Å². The molecule has 0 unspecified atom stereocenters. The van der Waals surface area contributed by atoms with E-state index in [1.54, 1.807) is 0 Å². The number of aryl methyl sites for hydroxylation is 3. The van der Waals surface area contributed by atoms with Crippen LogP contribution in [0.25, 0.3) is 11.0 Å². The highest BCUT2D eigenvalue weighted by molar-refractivity contribution is 5.77. The fourth-order valence-corrected chi connectivity index (χ4v) is 1.68. The molecule has 0 bridgehead atoms. The van der Waals surface area contributed by atoms with Crippen molar-refractivity contribution in [3.8, 4) is 0 Å². The highest BCUT2D eigenvalue weighted by atomic mass is 15.0. The fourth-order valence-electron chi connectivity index (χ4n) is 1.68. The molecule has 2 aromatic rings. The predicted molar refractivity (Wildman–Crippen MR) is 54.8 cm³/mol. The van der Waals surface area contributed by atoms with Crippen molar-refractivity contribution in [1.82, 2.24) is 9.55 Å². The molecule has 0 N–H and O–H groups in total. The molecule has 0 aliphatic carbocycles. The van der Waals surface area contributed by atoms with Gasteiger partial charge in [-0.25, -0.2) is 4.98 Å². The van der Waals surface area contributed by atoms with Gasteiger partial charge >= 0.3 is 0 Å². The minimum absolute atomic E-state index is 1.06. The molecule has 2 rings (SSSR count). The molecule has 0 radical (unpaired) electrons. The molecule has 0 atom stereocenters. The first-order chi connectivity index (χ1) is 6.22. The van der Waals surface area contributed by atoms with Gasteiger partial charge in [-0.2, -0.15) is 0 Å². The maximum Gasteiger partial charge on any atom is 0.139 e. The molecule has 2 nitrogen and oxygen atoms in total. The van der Waals surface area contributed by atoms with E-state index in [1.807, 2.05) is 7.05 Å². The van der Waals surface area contributed by atoms with E-state index in [0.717, 1.165) is 17.8 Å². The minimum Gasteiger partial charge on any atom is -0.336 e. The summed E-state index contributed by atoms with van der Waals surface area (Å²) in [6, 6.07) is 4.35. The molecule has 0 spiro atoms. The maximum absolute atomic E-state index is 4.57. The Labute approximate surface area is 78.2 Å². The van der Waals surface area contributed by atoms with Crippen LogP contribution in [0.2, 0.25) is 0 Å². The summed E-state index contributed by atoms with van der Waals surface area (Å²) in [5.41, 5.74) is 3.57. The Bertz CT molecular complexity index is 441. The number of rotatable bonds is 1. The van der Waals surface area contributed by atoms with Crippen LogP contribution in [0.5, 0.6) is 0 Å². The molecule has 2 aromatic heterocycles. The average Bonchev–Trinajstić information content (AvgIpc) is 2.47. The Hall–Kier alpha value is -1.31. The Kier molecular flexibility index (Phi) is 1.83. The summed E-state index contributed by atoms with van der Waals surface area (Å²) >= 11 is 0. The van der Waals surface area contributed by atoms with E-state index in [2.05, 4.69) is 41.7 Å². The second-order valence-electron chi connectivity index (χ2n) is 3.43. The molecular weight excluding hydrogens is 160 g/mol. The lowest BCUT2D eigenvalue weighted by Crippen LogP contribution is -1.94. The summed E-state index contributed by atoms with van der Waals surface area (Å²) in [6.07, 6.45) is 3.11. The van der Waals surface area contributed by atoms with Gasteiger partial charge in [0, 0.05) is 24.3 Å². The molecule has 68 valence electrons. The van der Waals surface area contributed by atoms with Gasteiger partial charge in [0.25, 0.3) is 0 Å². The van der Waals surface area contributed by atoms with Crippen molar-refractivity contribution < 1.29 is 0 Å². The van der Waals surface area contributed by atoms with E-state index in [-0.39, 0.29) is 0 Å². The van der Waals surface area contributed by atoms with E-state index in [1.165, 1.54) is 10.9 Å². The zero-order chi connectivity index (χ0) is 9.42. The van der Waals surface area contributed by atoms with Crippen LogP contribution < -0.4 is 0 Å². The first kappa shape index (κ1) is 8.30. The van der Waals surface area contributed by atoms with Gasteiger partial charge in [0.1, 0.15) is 5.65 Å². The standard InChI is InChI=1S/C11H14N2/c1-4-9-7-10-5-6-13(3)11(10)12-8(9)2/h5-7H,4H2,1-3H3. The van der Waals surface area contributed by atoms with E-state index in [0.29, 0.717) is 0 Å². The molecule has 2 heteroatoms. The molecular formula is C11H14N2. The van der Waals surface area contributed by atoms with Gasteiger partial charge < -0.3 is 4.57 Å². The van der Waals surface area contributed by atoms with Crippen molar-refractivity contribution >= 4 is 11.0 Å². The molecule has 0 aromatic carbocycles. The first-order valence-corrected chi connectivity index (χ1v) is 4.64. The second kappa shape index (κ2) is 2.87. The van der Waals surface area contributed by atoms with Crippen LogP contribution in [-0.2, 0) is 13.5 Å². The van der Waals surface area contributed by atoms with E-state index >= 15 is 0 Å². The highest BCUT2D eigenvalue weighted by Gasteiger charge is 2.03. The normalized spacial score (nSPS) is 11.0. The van der Waals surface area contributed by atoms with Crippen LogP contribution >= 0.6 is 0 Å². The Balaban J connectivity index is 2.76. The summed E-state index contributed by atoms with van der Waals surface area (Å²) in [5.74, 6) is 0. The molecule has 0 aliphatic heterocycles. The number of pyridine rings is 1. The number of nitrogens with zero attached hydrogens (tertiary/aromatic N) is 2. The van der Waals surface area contributed by atoms with E-state index in [4.69, 9.17) is 0 Å². The summed E-state index contributed by atoms with van der Waals surface area (Å²) in [7, 11) is 2.03. The highest BCUT2D eigenvalue weighted by Crippen LogP contribution is 2.17. The summed E-state index contributed by atoms with van der Waals surface area (Å²) in [4.78, 5) is 4.57. The number of fused-ring (bicyclic) bond motifs is 1. The second-order valence-corrected chi connectivity index (χ2v) is 3.43. The van der Waals surface area contributed by atoms with Crippen LogP contribution in [0.4, 0.5) is 0 Å². The largest absolute Gasteiger partial charge is 0.336 e. The van der Waals surface area contributed by atoms with Gasteiger partial charge in [-0.3, -0.25) is 0 Å². The number of aromatic nitrogens is 2. The Morgan fingerprint density at radius 3 is 2.92 bits per heavy atom. The molecule has 0 fully saturated rings. The quantitative estimate of drug-likeness (QED) is 0.649. The predicted octanol–water partition coefficient (Wildman–Crippen LogP) is 2.44.